The number of rotatable bonds is 8. The van der Waals surface area contributed by atoms with Gasteiger partial charge in [-0.2, -0.15) is 4.31 Å². The van der Waals surface area contributed by atoms with Crippen molar-refractivity contribution in [2.75, 3.05) is 27.8 Å². The minimum atomic E-state index is -3.86. The Bertz CT molecular complexity index is 1020. The smallest absolute Gasteiger partial charge is 0.354 e. The Kier molecular flexibility index (Phi) is 6.86. The molecule has 0 unspecified atom stereocenters. The van der Waals surface area contributed by atoms with Crippen molar-refractivity contribution < 1.29 is 27.5 Å². The molecule has 0 aliphatic rings. The number of Topliss-reactive ketones (excluding diaryl/α,β-unsaturated/α-hetero) is 1. The number of likely N-dealkylation sites (N-methyl/N-ethyl adjacent to an activating group) is 1. The largest absolute Gasteiger partial charge is 0.497 e. The van der Waals surface area contributed by atoms with E-state index in [0.29, 0.717) is 34.8 Å². The van der Waals surface area contributed by atoms with Gasteiger partial charge in [0, 0.05) is 24.8 Å². The van der Waals surface area contributed by atoms with Gasteiger partial charge in [-0.25, -0.2) is 13.2 Å². The number of methoxy groups -OCH3 is 2. The van der Waals surface area contributed by atoms with Crippen LogP contribution in [0.3, 0.4) is 0 Å². The molecule has 0 spiro atoms. The van der Waals surface area contributed by atoms with E-state index in [-0.39, 0.29) is 11.4 Å². The van der Waals surface area contributed by atoms with Gasteiger partial charge >= 0.3 is 5.97 Å². The van der Waals surface area contributed by atoms with Crippen LogP contribution >= 0.6 is 0 Å². The van der Waals surface area contributed by atoms with Crippen LogP contribution in [-0.2, 0) is 21.3 Å². The Morgan fingerprint density at radius 1 is 1.10 bits per heavy atom. The quantitative estimate of drug-likeness (QED) is 0.479. The fourth-order valence-electron chi connectivity index (χ4n) is 3.35. The first-order valence-electron chi connectivity index (χ1n) is 9.01. The molecular formula is C20H26N2O6S. The van der Waals surface area contributed by atoms with Crippen LogP contribution in [0.2, 0.25) is 0 Å². The second kappa shape index (κ2) is 8.79. The lowest BCUT2D eigenvalue weighted by atomic mass is 10.1. The van der Waals surface area contributed by atoms with E-state index in [1.807, 2.05) is 6.92 Å². The zero-order valence-corrected chi connectivity index (χ0v) is 18.3. The minimum Gasteiger partial charge on any atom is -0.497 e. The molecule has 0 aliphatic carbocycles. The molecule has 158 valence electrons. The average Bonchev–Trinajstić information content (AvgIpc) is 2.96. The van der Waals surface area contributed by atoms with Crippen molar-refractivity contribution in [1.82, 2.24) is 8.87 Å². The number of ketones is 1. The number of nitrogens with zero attached hydrogens (tertiary/aromatic N) is 2. The zero-order chi connectivity index (χ0) is 21.9. The average molecular weight is 423 g/mol. The van der Waals surface area contributed by atoms with Gasteiger partial charge in [0.05, 0.1) is 25.7 Å². The van der Waals surface area contributed by atoms with Crippen molar-refractivity contribution in [2.24, 2.45) is 0 Å². The van der Waals surface area contributed by atoms with Gasteiger partial charge in [0.2, 0.25) is 10.0 Å². The van der Waals surface area contributed by atoms with Crippen LogP contribution in [-0.4, -0.2) is 56.9 Å². The maximum absolute atomic E-state index is 13.0. The summed E-state index contributed by atoms with van der Waals surface area (Å²) in [5.74, 6) is -0.396. The highest BCUT2D eigenvalue weighted by Crippen LogP contribution is 2.25. The molecule has 1 heterocycles. The summed E-state index contributed by atoms with van der Waals surface area (Å²) in [4.78, 5) is 25.2. The molecule has 9 heteroatoms. The molecular weight excluding hydrogens is 396 g/mol. The highest BCUT2D eigenvalue weighted by atomic mass is 32.2. The van der Waals surface area contributed by atoms with Crippen molar-refractivity contribution in [1.29, 1.82) is 0 Å². The summed E-state index contributed by atoms with van der Waals surface area (Å²) in [5, 5.41) is 0. The third kappa shape index (κ3) is 4.20. The van der Waals surface area contributed by atoms with E-state index >= 15 is 0 Å². The first-order valence-corrected chi connectivity index (χ1v) is 10.5. The summed E-state index contributed by atoms with van der Waals surface area (Å²) in [5.41, 5.74) is 1.72. The predicted octanol–water partition coefficient (Wildman–Crippen LogP) is 2.42. The van der Waals surface area contributed by atoms with Crippen LogP contribution in [0.25, 0.3) is 0 Å². The number of esters is 1. The Labute approximate surface area is 171 Å². The minimum absolute atomic E-state index is 0.0587. The molecule has 0 aliphatic heterocycles. The fraction of sp³-hybridized carbons (Fsp3) is 0.400. The van der Waals surface area contributed by atoms with Crippen molar-refractivity contribution in [3.8, 4) is 5.75 Å². The summed E-state index contributed by atoms with van der Waals surface area (Å²) < 4.78 is 38.2. The number of benzene rings is 1. The Morgan fingerprint density at radius 3 is 2.17 bits per heavy atom. The molecule has 0 fully saturated rings. The van der Waals surface area contributed by atoms with Crippen molar-refractivity contribution >= 4 is 21.8 Å². The van der Waals surface area contributed by atoms with E-state index in [9.17, 15) is 18.0 Å². The van der Waals surface area contributed by atoms with Gasteiger partial charge in [-0.15, -0.1) is 0 Å². The van der Waals surface area contributed by atoms with Gasteiger partial charge in [-0.3, -0.25) is 4.79 Å². The molecule has 2 aromatic rings. The maximum Gasteiger partial charge on any atom is 0.354 e. The number of hydrogen-bond acceptors (Lipinski definition) is 6. The molecule has 0 saturated carbocycles. The lowest BCUT2D eigenvalue weighted by molar-refractivity contribution is 0.0587. The maximum atomic E-state index is 13.0. The zero-order valence-electron chi connectivity index (χ0n) is 17.5. The van der Waals surface area contributed by atoms with Gasteiger partial charge in [-0.1, -0.05) is 0 Å². The van der Waals surface area contributed by atoms with E-state index in [1.54, 1.807) is 30.5 Å². The second-order valence-corrected chi connectivity index (χ2v) is 8.57. The van der Waals surface area contributed by atoms with Crippen LogP contribution in [0.15, 0.2) is 29.2 Å². The van der Waals surface area contributed by atoms with Crippen molar-refractivity contribution in [3.05, 3.63) is 46.8 Å². The number of ether oxygens (including phenoxy) is 2. The summed E-state index contributed by atoms with van der Waals surface area (Å²) >= 11 is 0. The first kappa shape index (κ1) is 22.6. The lowest BCUT2D eigenvalue weighted by Gasteiger charge is -2.17. The summed E-state index contributed by atoms with van der Waals surface area (Å²) in [6.07, 6.45) is 0. The number of sulfonamides is 1. The molecule has 0 radical (unpaired) electrons. The standard InChI is InChI=1S/C20H26N2O6S/c1-7-22-14(3)18(13(2)19(22)20(24)28-6)17(23)12-21(4)29(25,26)16-10-8-15(27-5)9-11-16/h8-11H,7,12H2,1-6H3. The van der Waals surface area contributed by atoms with Crippen LogP contribution in [0.1, 0.15) is 39.0 Å². The van der Waals surface area contributed by atoms with E-state index in [1.165, 1.54) is 33.4 Å². The molecule has 8 nitrogen and oxygen atoms in total. The van der Waals surface area contributed by atoms with E-state index in [0.717, 1.165) is 4.31 Å². The Hall–Kier alpha value is -2.65. The number of carbonyl (C=O) groups is 2. The molecule has 0 amide bonds. The monoisotopic (exact) mass is 422 g/mol. The third-order valence-corrected chi connectivity index (χ3v) is 6.69. The fourth-order valence-corrected chi connectivity index (χ4v) is 4.48. The summed E-state index contributed by atoms with van der Waals surface area (Å²) in [6.45, 7) is 5.37. The number of aromatic nitrogens is 1. The normalized spacial score (nSPS) is 11.6. The predicted molar refractivity (Wildman–Crippen MR) is 108 cm³/mol. The topological polar surface area (TPSA) is 94.9 Å². The van der Waals surface area contributed by atoms with Crippen LogP contribution in [0.5, 0.6) is 5.75 Å². The van der Waals surface area contributed by atoms with E-state index in [4.69, 9.17) is 9.47 Å². The SMILES string of the molecule is CCn1c(C)c(C(=O)CN(C)S(=O)(=O)c2ccc(OC)cc2)c(C)c1C(=O)OC. The van der Waals surface area contributed by atoms with Gasteiger partial charge in [0.1, 0.15) is 11.4 Å². The van der Waals surface area contributed by atoms with Crippen LogP contribution < -0.4 is 4.74 Å². The molecule has 0 N–H and O–H groups in total. The van der Waals surface area contributed by atoms with Gasteiger partial charge in [-0.05, 0) is 50.6 Å². The Balaban J connectivity index is 2.36. The first-order chi connectivity index (χ1) is 13.6. The van der Waals surface area contributed by atoms with Gasteiger partial charge in [0.15, 0.2) is 5.78 Å². The van der Waals surface area contributed by atoms with Crippen LogP contribution in [0.4, 0.5) is 0 Å². The summed E-state index contributed by atoms with van der Waals surface area (Å²) in [6, 6.07) is 5.94. The second-order valence-electron chi connectivity index (χ2n) is 6.53. The number of hydrogen-bond donors (Lipinski definition) is 0. The molecule has 1 aromatic heterocycles. The van der Waals surface area contributed by atoms with Crippen LogP contribution in [0, 0.1) is 13.8 Å². The Morgan fingerprint density at radius 2 is 1.69 bits per heavy atom. The number of carbonyl (C=O) groups excluding carboxylic acids is 2. The molecule has 0 atom stereocenters. The third-order valence-electron chi connectivity index (χ3n) is 4.87. The highest BCUT2D eigenvalue weighted by Gasteiger charge is 2.29. The van der Waals surface area contributed by atoms with E-state index < -0.39 is 21.8 Å². The molecule has 2 rings (SSSR count). The highest BCUT2D eigenvalue weighted by molar-refractivity contribution is 7.89. The van der Waals surface area contributed by atoms with Crippen molar-refractivity contribution in [2.45, 2.75) is 32.2 Å². The lowest BCUT2D eigenvalue weighted by Crippen LogP contribution is -2.32. The van der Waals surface area contributed by atoms with E-state index in [2.05, 4.69) is 0 Å². The van der Waals surface area contributed by atoms with Crippen molar-refractivity contribution in [3.63, 3.8) is 0 Å². The van der Waals surface area contributed by atoms with Gasteiger partial charge in [0.25, 0.3) is 0 Å². The molecule has 29 heavy (non-hydrogen) atoms. The molecule has 1 aromatic carbocycles. The summed E-state index contributed by atoms with van der Waals surface area (Å²) in [7, 11) is 0.252. The molecule has 0 bridgehead atoms. The van der Waals surface area contributed by atoms with Gasteiger partial charge < -0.3 is 14.0 Å². The molecule has 0 saturated heterocycles.